The number of carbonyl (C=O) groups excluding carboxylic acids is 2. The van der Waals surface area contributed by atoms with Crippen LogP contribution in [-0.4, -0.2) is 27.8 Å². The van der Waals surface area contributed by atoms with E-state index in [4.69, 9.17) is 28.6 Å². The molecule has 0 atom stereocenters. The molecule has 8 heteroatoms. The maximum Gasteiger partial charge on any atom is 0.285 e. The molecule has 0 radical (unpaired) electrons. The number of thiocarbonyl (C=S) groups is 1. The number of halogens is 1. The van der Waals surface area contributed by atoms with Gasteiger partial charge in [-0.1, -0.05) is 48.5 Å². The molecule has 1 N–H and O–H groups in total. The molecule has 0 bridgehead atoms. The molecular formula is C20H17ClN2O3S2. The van der Waals surface area contributed by atoms with E-state index in [0.29, 0.717) is 22.1 Å². The van der Waals surface area contributed by atoms with Crippen LogP contribution in [0.1, 0.15) is 29.3 Å². The first-order chi connectivity index (χ1) is 13.5. The number of rotatable bonds is 6. The van der Waals surface area contributed by atoms with Crippen LogP contribution in [0.15, 0.2) is 53.4 Å². The van der Waals surface area contributed by atoms with Crippen LogP contribution in [0.2, 0.25) is 5.02 Å². The van der Waals surface area contributed by atoms with Gasteiger partial charge in [0.1, 0.15) is 5.75 Å². The van der Waals surface area contributed by atoms with Gasteiger partial charge in [0.15, 0.2) is 4.32 Å². The van der Waals surface area contributed by atoms with Crippen LogP contribution in [0, 0.1) is 0 Å². The van der Waals surface area contributed by atoms with Crippen LogP contribution in [0.5, 0.6) is 5.75 Å². The fraction of sp³-hybridized carbons (Fsp3) is 0.150. The predicted octanol–water partition coefficient (Wildman–Crippen LogP) is 4.68. The van der Waals surface area contributed by atoms with Crippen molar-refractivity contribution in [2.75, 3.05) is 6.61 Å². The number of benzene rings is 2. The Morgan fingerprint density at radius 3 is 2.71 bits per heavy atom. The second-order valence-electron chi connectivity index (χ2n) is 5.89. The Balaban J connectivity index is 1.70. The van der Waals surface area contributed by atoms with Gasteiger partial charge in [0.2, 0.25) is 0 Å². The summed E-state index contributed by atoms with van der Waals surface area (Å²) in [6, 6.07) is 13.9. The smallest absolute Gasteiger partial charge is 0.285 e. The highest BCUT2D eigenvalue weighted by atomic mass is 35.5. The predicted molar refractivity (Wildman–Crippen MR) is 116 cm³/mol. The molecule has 1 fully saturated rings. The summed E-state index contributed by atoms with van der Waals surface area (Å²) in [6.07, 6.45) is 2.67. The highest BCUT2D eigenvalue weighted by Crippen LogP contribution is 2.31. The summed E-state index contributed by atoms with van der Waals surface area (Å²) in [5, 5.41) is 1.51. The van der Waals surface area contributed by atoms with Crippen LogP contribution in [-0.2, 0) is 4.79 Å². The number of nitrogens with zero attached hydrogens (tertiary/aromatic N) is 1. The van der Waals surface area contributed by atoms with E-state index in [1.54, 1.807) is 24.3 Å². The third kappa shape index (κ3) is 4.92. The summed E-state index contributed by atoms with van der Waals surface area (Å²) in [6.45, 7) is 2.70. The number of carbonyl (C=O) groups is 2. The van der Waals surface area contributed by atoms with Gasteiger partial charge in [-0.2, -0.15) is 5.01 Å². The number of hydrazine groups is 1. The molecular weight excluding hydrogens is 416 g/mol. The average molecular weight is 433 g/mol. The van der Waals surface area contributed by atoms with Gasteiger partial charge >= 0.3 is 0 Å². The standard InChI is InChI=1S/C20H17ClN2O3S2/c1-2-10-26-16-8-6-13(7-9-16)11-17-19(25)23(20(27)28-17)22-18(24)14-4-3-5-15(21)12-14/h3-9,11-12H,2,10H2,1H3,(H,22,24)/b17-11-. The maximum atomic E-state index is 12.6. The number of ether oxygens (including phenoxy) is 1. The second kappa shape index (κ2) is 9.23. The van der Waals surface area contributed by atoms with E-state index in [1.807, 2.05) is 31.2 Å². The van der Waals surface area contributed by atoms with E-state index in [2.05, 4.69) is 5.43 Å². The molecule has 1 heterocycles. The number of hydrogen-bond donors (Lipinski definition) is 1. The Bertz CT molecular complexity index is 945. The van der Waals surface area contributed by atoms with Crippen molar-refractivity contribution in [1.82, 2.24) is 10.4 Å². The summed E-state index contributed by atoms with van der Waals surface area (Å²) in [7, 11) is 0. The summed E-state index contributed by atoms with van der Waals surface area (Å²) in [5.74, 6) is -0.0607. The van der Waals surface area contributed by atoms with E-state index in [0.717, 1.165) is 34.5 Å². The lowest BCUT2D eigenvalue weighted by atomic mass is 10.2. The number of thioether (sulfide) groups is 1. The van der Waals surface area contributed by atoms with Crippen molar-refractivity contribution < 1.29 is 14.3 Å². The minimum Gasteiger partial charge on any atom is -0.494 e. The average Bonchev–Trinajstić information content (AvgIpc) is 2.95. The highest BCUT2D eigenvalue weighted by Gasteiger charge is 2.33. The van der Waals surface area contributed by atoms with Gasteiger partial charge in [-0.3, -0.25) is 15.0 Å². The molecule has 1 aliphatic rings. The van der Waals surface area contributed by atoms with E-state index < -0.39 is 5.91 Å². The minimum atomic E-state index is -0.461. The zero-order chi connectivity index (χ0) is 20.1. The first kappa shape index (κ1) is 20.4. The topological polar surface area (TPSA) is 58.6 Å². The third-order valence-electron chi connectivity index (χ3n) is 3.74. The Kier molecular flexibility index (Phi) is 6.72. The van der Waals surface area contributed by atoms with Crippen molar-refractivity contribution in [3.05, 3.63) is 69.6 Å². The molecule has 0 aromatic heterocycles. The quantitative estimate of drug-likeness (QED) is 0.530. The lowest BCUT2D eigenvalue weighted by molar-refractivity contribution is -0.123. The highest BCUT2D eigenvalue weighted by molar-refractivity contribution is 8.26. The monoisotopic (exact) mass is 432 g/mol. The normalized spacial score (nSPS) is 15.2. The van der Waals surface area contributed by atoms with Crippen molar-refractivity contribution in [3.8, 4) is 5.75 Å². The first-order valence-corrected chi connectivity index (χ1v) is 10.2. The van der Waals surface area contributed by atoms with Crippen LogP contribution in [0.4, 0.5) is 0 Å². The fourth-order valence-corrected chi connectivity index (χ4v) is 3.76. The minimum absolute atomic E-state index is 0.259. The van der Waals surface area contributed by atoms with Crippen molar-refractivity contribution in [2.45, 2.75) is 13.3 Å². The molecule has 1 saturated heterocycles. The Morgan fingerprint density at radius 1 is 1.29 bits per heavy atom. The lowest BCUT2D eigenvalue weighted by Crippen LogP contribution is -2.44. The molecule has 0 aliphatic carbocycles. The first-order valence-electron chi connectivity index (χ1n) is 8.55. The molecule has 0 saturated carbocycles. The second-order valence-corrected chi connectivity index (χ2v) is 8.00. The van der Waals surface area contributed by atoms with Gasteiger partial charge in [-0.15, -0.1) is 0 Å². The summed E-state index contributed by atoms with van der Waals surface area (Å²) >= 11 is 12.3. The molecule has 144 valence electrons. The molecule has 5 nitrogen and oxygen atoms in total. The molecule has 0 unspecified atom stereocenters. The van der Waals surface area contributed by atoms with Crippen molar-refractivity contribution in [2.24, 2.45) is 0 Å². The number of amides is 2. The Labute approximate surface area is 177 Å². The van der Waals surface area contributed by atoms with E-state index in [9.17, 15) is 9.59 Å². The molecule has 2 aromatic rings. The molecule has 28 heavy (non-hydrogen) atoms. The van der Waals surface area contributed by atoms with Gasteiger partial charge < -0.3 is 4.74 Å². The number of hydrogen-bond acceptors (Lipinski definition) is 5. The maximum absolute atomic E-state index is 12.6. The summed E-state index contributed by atoms with van der Waals surface area (Å²) in [4.78, 5) is 25.4. The zero-order valence-electron chi connectivity index (χ0n) is 15.0. The number of nitrogens with one attached hydrogen (secondary N) is 1. The molecule has 2 aromatic carbocycles. The van der Waals surface area contributed by atoms with E-state index in [1.165, 1.54) is 6.07 Å². The van der Waals surface area contributed by atoms with Crippen LogP contribution >= 0.6 is 35.6 Å². The van der Waals surface area contributed by atoms with Gasteiger partial charge in [0, 0.05) is 10.6 Å². The van der Waals surface area contributed by atoms with Crippen LogP contribution in [0.25, 0.3) is 6.08 Å². The summed E-state index contributed by atoms with van der Waals surface area (Å²) in [5.41, 5.74) is 3.71. The molecule has 3 rings (SSSR count). The van der Waals surface area contributed by atoms with Gasteiger partial charge in [-0.25, -0.2) is 0 Å². The molecule has 2 amide bonds. The van der Waals surface area contributed by atoms with E-state index >= 15 is 0 Å². The van der Waals surface area contributed by atoms with E-state index in [-0.39, 0.29) is 10.2 Å². The van der Waals surface area contributed by atoms with Gasteiger partial charge in [-0.05, 0) is 60.6 Å². The SMILES string of the molecule is CCCOc1ccc(/C=C2\SC(=S)N(NC(=O)c3cccc(Cl)c3)C2=O)cc1. The lowest BCUT2D eigenvalue weighted by Gasteiger charge is -2.15. The van der Waals surface area contributed by atoms with Gasteiger partial charge in [0.05, 0.1) is 11.5 Å². The van der Waals surface area contributed by atoms with Crippen LogP contribution in [0.3, 0.4) is 0 Å². The molecule has 1 aliphatic heterocycles. The van der Waals surface area contributed by atoms with Gasteiger partial charge in [0.25, 0.3) is 11.8 Å². The fourth-order valence-electron chi connectivity index (χ4n) is 2.39. The van der Waals surface area contributed by atoms with Crippen molar-refractivity contribution >= 4 is 57.8 Å². The van der Waals surface area contributed by atoms with Crippen LogP contribution < -0.4 is 10.2 Å². The summed E-state index contributed by atoms with van der Waals surface area (Å²) < 4.78 is 5.81. The largest absolute Gasteiger partial charge is 0.494 e. The van der Waals surface area contributed by atoms with Crippen molar-refractivity contribution in [1.29, 1.82) is 0 Å². The molecule has 0 spiro atoms. The third-order valence-corrected chi connectivity index (χ3v) is 5.28. The van der Waals surface area contributed by atoms with Crippen molar-refractivity contribution in [3.63, 3.8) is 0 Å². The zero-order valence-corrected chi connectivity index (χ0v) is 17.4. The Hall–Kier alpha value is -2.35. The Morgan fingerprint density at radius 2 is 2.04 bits per heavy atom.